The van der Waals surface area contributed by atoms with Gasteiger partial charge in [-0.15, -0.1) is 6.58 Å². The Hall–Kier alpha value is -3.04. The zero-order chi connectivity index (χ0) is 38.6. The van der Waals surface area contributed by atoms with Crippen LogP contribution in [-0.4, -0.2) is 115 Å². The van der Waals surface area contributed by atoms with Gasteiger partial charge in [0.1, 0.15) is 12.1 Å². The largest absolute Gasteiger partial charge is 0.346 e. The van der Waals surface area contributed by atoms with Gasteiger partial charge in [-0.1, -0.05) is 74.3 Å². The Labute approximate surface area is 309 Å². The Balaban J connectivity index is 1.30. The van der Waals surface area contributed by atoms with Crippen molar-refractivity contribution in [1.29, 1.82) is 0 Å². The van der Waals surface area contributed by atoms with Gasteiger partial charge in [0.15, 0.2) is 0 Å². The number of nitrogens with one attached hydrogen (secondary N) is 4. The molecule has 0 aromatic rings. The van der Waals surface area contributed by atoms with Gasteiger partial charge in [0.05, 0.1) is 6.04 Å². The van der Waals surface area contributed by atoms with Crippen molar-refractivity contribution in [3.05, 3.63) is 12.7 Å². The van der Waals surface area contributed by atoms with E-state index >= 15 is 0 Å². The first-order chi connectivity index (χ1) is 24.1. The first kappa shape index (κ1) is 40.2. The van der Waals surface area contributed by atoms with E-state index in [9.17, 15) is 32.4 Å². The summed E-state index contributed by atoms with van der Waals surface area (Å²) in [5.74, 6) is -1.83. The van der Waals surface area contributed by atoms with E-state index in [0.29, 0.717) is 38.5 Å². The molecule has 1 unspecified atom stereocenters. The van der Waals surface area contributed by atoms with Crippen molar-refractivity contribution in [1.82, 2.24) is 34.8 Å². The third-order valence-corrected chi connectivity index (χ3v) is 13.8. The Morgan fingerprint density at radius 3 is 2.06 bits per heavy atom. The number of ketones is 1. The van der Waals surface area contributed by atoms with Crippen LogP contribution in [0.1, 0.15) is 87.5 Å². The third kappa shape index (κ3) is 8.83. The minimum atomic E-state index is -3.65. The molecule has 0 bridgehead atoms. The van der Waals surface area contributed by atoms with Crippen LogP contribution < -0.4 is 21.3 Å². The number of hydrogen-bond donors (Lipinski definition) is 4. The number of urea groups is 1. The van der Waals surface area contributed by atoms with E-state index in [1.165, 1.54) is 19.6 Å². The Morgan fingerprint density at radius 1 is 0.885 bits per heavy atom. The second-order valence-electron chi connectivity index (χ2n) is 18.5. The van der Waals surface area contributed by atoms with Gasteiger partial charge >= 0.3 is 6.03 Å². The minimum absolute atomic E-state index is 0.0577. The molecule has 14 nitrogen and oxygen atoms in total. The molecule has 3 saturated carbocycles. The molecule has 52 heavy (non-hydrogen) atoms. The lowest BCUT2D eigenvalue weighted by Crippen LogP contribution is -2.62. The van der Waals surface area contributed by atoms with Crippen LogP contribution >= 0.6 is 0 Å². The summed E-state index contributed by atoms with van der Waals surface area (Å²) in [5.41, 5.74) is -1.48. The maximum Gasteiger partial charge on any atom is 0.315 e. The van der Waals surface area contributed by atoms with E-state index in [1.807, 2.05) is 41.5 Å². The van der Waals surface area contributed by atoms with Crippen LogP contribution in [0.5, 0.6) is 0 Å². The van der Waals surface area contributed by atoms with Crippen molar-refractivity contribution in [3.8, 4) is 0 Å². The van der Waals surface area contributed by atoms with Gasteiger partial charge in [-0.2, -0.15) is 17.0 Å². The molecule has 292 valence electrons. The number of hydrogen-bond acceptors (Lipinski definition) is 7. The van der Waals surface area contributed by atoms with Crippen LogP contribution in [0.25, 0.3) is 0 Å². The van der Waals surface area contributed by atoms with Crippen molar-refractivity contribution >= 4 is 39.7 Å². The van der Waals surface area contributed by atoms with E-state index in [0.717, 1.165) is 25.7 Å². The van der Waals surface area contributed by atoms with Crippen molar-refractivity contribution in [2.75, 3.05) is 39.3 Å². The Morgan fingerprint density at radius 2 is 1.50 bits per heavy atom. The van der Waals surface area contributed by atoms with E-state index < -0.39 is 74.7 Å². The predicted octanol–water partition coefficient (Wildman–Crippen LogP) is 2.03. The second kappa shape index (κ2) is 14.7. The molecule has 4 N–H and O–H groups in total. The molecule has 15 heteroatoms. The lowest BCUT2D eigenvalue weighted by molar-refractivity contribution is -0.145. The monoisotopic (exact) mass is 747 g/mol. The molecule has 5 fully saturated rings. The number of amides is 5. The quantitative estimate of drug-likeness (QED) is 0.146. The number of carbonyl (C=O) groups is 5. The van der Waals surface area contributed by atoms with Gasteiger partial charge in [0.25, 0.3) is 16.1 Å². The summed E-state index contributed by atoms with van der Waals surface area (Å²) in [6, 6.07) is -4.09. The van der Waals surface area contributed by atoms with Gasteiger partial charge in [0, 0.05) is 45.3 Å². The molecule has 5 amide bonds. The molecule has 6 atom stereocenters. The highest BCUT2D eigenvalue weighted by atomic mass is 32.2. The molecule has 0 spiro atoms. The van der Waals surface area contributed by atoms with Crippen LogP contribution in [0.15, 0.2) is 12.7 Å². The van der Waals surface area contributed by atoms with Gasteiger partial charge in [-0.25, -0.2) is 4.79 Å². The van der Waals surface area contributed by atoms with E-state index in [4.69, 9.17) is 0 Å². The second-order valence-corrected chi connectivity index (χ2v) is 20.4. The fraction of sp³-hybridized carbons (Fsp3) is 0.811. The van der Waals surface area contributed by atoms with Crippen molar-refractivity contribution in [2.45, 2.75) is 112 Å². The van der Waals surface area contributed by atoms with Crippen molar-refractivity contribution < 1.29 is 32.4 Å². The summed E-state index contributed by atoms with van der Waals surface area (Å²) >= 11 is 0. The SMILES string of the molecule is C=CCNC(=O)C(=O)C(CC1CC1)NC(=O)[C@@H]1[C@@H]2[C@H](CN1C(=O)[C@@H](NC(=O)N[C@H](CN1CCN(CC3CC3)S1(=O)=O)C(C)(C)C)C(C)(C)C)C2(C)C. The molecule has 5 aliphatic rings. The molecule has 2 aliphatic heterocycles. The maximum atomic E-state index is 14.5. The average molecular weight is 748 g/mol. The van der Waals surface area contributed by atoms with Crippen LogP contribution in [0.4, 0.5) is 4.79 Å². The number of piperidine rings is 1. The summed E-state index contributed by atoms with van der Waals surface area (Å²) in [6.07, 6.45) is 5.75. The van der Waals surface area contributed by atoms with E-state index in [2.05, 4.69) is 41.7 Å². The van der Waals surface area contributed by atoms with Crippen LogP contribution in [-0.2, 0) is 29.4 Å². The van der Waals surface area contributed by atoms with Crippen molar-refractivity contribution in [3.63, 3.8) is 0 Å². The lowest BCUT2D eigenvalue weighted by Gasteiger charge is -2.39. The van der Waals surface area contributed by atoms with Crippen LogP contribution in [0.2, 0.25) is 0 Å². The summed E-state index contributed by atoms with van der Waals surface area (Å²) < 4.78 is 29.7. The summed E-state index contributed by atoms with van der Waals surface area (Å²) in [4.78, 5) is 69.7. The smallest absolute Gasteiger partial charge is 0.315 e. The normalized spacial score (nSPS) is 27.2. The van der Waals surface area contributed by atoms with E-state index in [-0.39, 0.29) is 36.3 Å². The van der Waals surface area contributed by atoms with Crippen LogP contribution in [0, 0.1) is 39.9 Å². The molecular formula is C37H61N7O7S. The molecule has 5 rings (SSSR count). The molecule has 0 aromatic heterocycles. The van der Waals surface area contributed by atoms with Crippen molar-refractivity contribution in [2.24, 2.45) is 39.9 Å². The summed E-state index contributed by atoms with van der Waals surface area (Å²) in [5, 5.41) is 11.3. The molecule has 2 heterocycles. The number of rotatable bonds is 15. The lowest BCUT2D eigenvalue weighted by atomic mass is 9.85. The highest BCUT2D eigenvalue weighted by Gasteiger charge is 2.70. The fourth-order valence-corrected chi connectivity index (χ4v) is 9.55. The third-order valence-electron chi connectivity index (χ3n) is 11.8. The molecule has 3 aliphatic carbocycles. The maximum absolute atomic E-state index is 14.5. The van der Waals surface area contributed by atoms with Gasteiger partial charge < -0.3 is 26.2 Å². The topological polar surface area (TPSA) is 177 Å². The minimum Gasteiger partial charge on any atom is -0.346 e. The highest BCUT2D eigenvalue weighted by molar-refractivity contribution is 7.87. The van der Waals surface area contributed by atoms with E-state index in [1.54, 1.807) is 0 Å². The first-order valence-corrected chi connectivity index (χ1v) is 20.3. The Bertz CT molecular complexity index is 1540. The number of carbonyl (C=O) groups excluding carboxylic acids is 5. The number of nitrogens with zero attached hydrogens (tertiary/aromatic N) is 3. The zero-order valence-electron chi connectivity index (χ0n) is 32.3. The summed E-state index contributed by atoms with van der Waals surface area (Å²) in [6.45, 7) is 20.8. The Kier molecular flexibility index (Phi) is 11.3. The standard InChI is InChI=1S/C37H61N7O7S/c1-10-15-38-32(47)29(45)25(18-22-11-12-22)39-31(46)28-27-24(37(27,8)9)20-44(28)33(48)30(36(5,6)7)41-34(49)40-26(35(2,3)4)21-43-17-16-42(52(43,50)51)19-23-13-14-23/h10,22-28,30H,1,11-21H2,2-9H3,(H,38,47)(H,39,46)(H2,40,41,49)/t24-,25?,26+,27-,28-,30+/m0/s1. The number of likely N-dealkylation sites (tertiary alicyclic amines) is 1. The zero-order valence-corrected chi connectivity index (χ0v) is 33.1. The van der Waals surface area contributed by atoms with Crippen LogP contribution in [0.3, 0.4) is 0 Å². The number of Topliss-reactive ketones (excluding diaryl/α,β-unsaturated/α-hetero) is 1. The highest BCUT2D eigenvalue weighted by Crippen LogP contribution is 2.65. The first-order valence-electron chi connectivity index (χ1n) is 18.9. The predicted molar refractivity (Wildman–Crippen MR) is 197 cm³/mol. The molecule has 2 saturated heterocycles. The average Bonchev–Trinajstić information content (AvgIpc) is 4.00. The van der Waals surface area contributed by atoms with Gasteiger partial charge in [-0.3, -0.25) is 19.2 Å². The molecule has 0 radical (unpaired) electrons. The molecule has 0 aromatic carbocycles. The number of fused-ring (bicyclic) bond motifs is 1. The van der Waals surface area contributed by atoms with Gasteiger partial charge in [0.2, 0.25) is 17.6 Å². The summed E-state index contributed by atoms with van der Waals surface area (Å²) in [7, 11) is -3.65. The van der Waals surface area contributed by atoms with Gasteiger partial charge in [-0.05, 0) is 59.2 Å². The fourth-order valence-electron chi connectivity index (χ4n) is 7.86. The molecular weight excluding hydrogens is 687 g/mol.